The third-order valence-corrected chi connectivity index (χ3v) is 7.93. The lowest BCUT2D eigenvalue weighted by molar-refractivity contribution is -0.140. The Morgan fingerprint density at radius 3 is 2.57 bits per heavy atom. The predicted octanol–water partition coefficient (Wildman–Crippen LogP) is 1.91. The molecule has 1 saturated carbocycles. The van der Waals surface area contributed by atoms with Crippen LogP contribution in [-0.4, -0.2) is 74.3 Å². The van der Waals surface area contributed by atoms with E-state index >= 15 is 0 Å². The quantitative estimate of drug-likeness (QED) is 0.764. The van der Waals surface area contributed by atoms with Gasteiger partial charge in [-0.3, -0.25) is 14.0 Å². The van der Waals surface area contributed by atoms with Gasteiger partial charge in [0.15, 0.2) is 0 Å². The number of hydrogen-bond acceptors (Lipinski definition) is 5. The molecule has 0 bridgehead atoms. The van der Waals surface area contributed by atoms with Crippen molar-refractivity contribution in [2.75, 3.05) is 43.3 Å². The molecule has 0 aromatic heterocycles. The molecular weight excluding hydrogens is 402 g/mol. The van der Waals surface area contributed by atoms with Crippen LogP contribution in [0, 0.1) is 0 Å². The number of anilines is 1. The molecule has 3 aliphatic rings. The van der Waals surface area contributed by atoms with Crippen molar-refractivity contribution in [3.63, 3.8) is 0 Å². The van der Waals surface area contributed by atoms with Crippen LogP contribution in [0.4, 0.5) is 5.69 Å². The molecule has 1 amide bonds. The van der Waals surface area contributed by atoms with Gasteiger partial charge in [-0.05, 0) is 42.9 Å². The molecule has 1 atom stereocenters. The summed E-state index contributed by atoms with van der Waals surface area (Å²) in [5.41, 5.74) is 2.46. The van der Waals surface area contributed by atoms with Crippen molar-refractivity contribution in [1.82, 2.24) is 9.80 Å². The summed E-state index contributed by atoms with van der Waals surface area (Å²) in [6, 6.07) is 5.95. The van der Waals surface area contributed by atoms with E-state index in [1.807, 2.05) is 17.0 Å². The van der Waals surface area contributed by atoms with Crippen LogP contribution >= 0.6 is 0 Å². The Balaban J connectivity index is 1.39. The minimum atomic E-state index is -3.30. The number of nitrogens with zero attached hydrogens (tertiary/aromatic N) is 3. The molecule has 166 valence electrons. The molecule has 1 aromatic rings. The van der Waals surface area contributed by atoms with Gasteiger partial charge in [-0.1, -0.05) is 31.4 Å². The van der Waals surface area contributed by atoms with Gasteiger partial charge in [-0.15, -0.1) is 0 Å². The van der Waals surface area contributed by atoms with E-state index in [0.29, 0.717) is 25.7 Å². The molecule has 4 rings (SSSR count). The molecule has 2 aliphatic heterocycles. The maximum Gasteiger partial charge on any atom is 0.237 e. The predicted molar refractivity (Wildman–Crippen MR) is 117 cm³/mol. The van der Waals surface area contributed by atoms with Crippen LogP contribution in [-0.2, 0) is 21.2 Å². The first-order valence-electron chi connectivity index (χ1n) is 11.1. The first-order valence-corrected chi connectivity index (χ1v) is 13.0. The summed E-state index contributed by atoms with van der Waals surface area (Å²) >= 11 is 0. The fraction of sp³-hybridized carbons (Fsp3) is 0.682. The Morgan fingerprint density at radius 1 is 1.10 bits per heavy atom. The summed E-state index contributed by atoms with van der Waals surface area (Å²) in [6.07, 6.45) is 8.06. The van der Waals surface area contributed by atoms with Gasteiger partial charge in [0.05, 0.1) is 24.6 Å². The second-order valence-corrected chi connectivity index (χ2v) is 10.9. The lowest BCUT2D eigenvalue weighted by Crippen LogP contribution is -2.54. The summed E-state index contributed by atoms with van der Waals surface area (Å²) in [5.74, 6) is 0.176. The molecule has 0 unspecified atom stereocenters. The zero-order valence-corrected chi connectivity index (χ0v) is 18.6. The van der Waals surface area contributed by atoms with Crippen molar-refractivity contribution in [3.8, 4) is 0 Å². The molecule has 30 heavy (non-hydrogen) atoms. The van der Waals surface area contributed by atoms with Gasteiger partial charge >= 0.3 is 0 Å². The molecule has 1 aliphatic carbocycles. The van der Waals surface area contributed by atoms with E-state index in [0.717, 1.165) is 55.6 Å². The second kappa shape index (κ2) is 8.85. The molecule has 0 radical (unpaired) electrons. The maximum atomic E-state index is 12.7. The average Bonchev–Trinajstić information content (AvgIpc) is 2.73. The lowest BCUT2D eigenvalue weighted by atomic mass is 9.93. The Bertz CT molecular complexity index is 882. The van der Waals surface area contributed by atoms with Gasteiger partial charge in [0.2, 0.25) is 15.9 Å². The van der Waals surface area contributed by atoms with Gasteiger partial charge in [0.25, 0.3) is 0 Å². The first-order chi connectivity index (χ1) is 14.3. The largest absolute Gasteiger partial charge is 0.387 e. The zero-order valence-electron chi connectivity index (χ0n) is 17.8. The normalized spacial score (nSPS) is 22.8. The van der Waals surface area contributed by atoms with Crippen molar-refractivity contribution < 1.29 is 18.3 Å². The van der Waals surface area contributed by atoms with E-state index in [2.05, 4.69) is 4.90 Å². The van der Waals surface area contributed by atoms with Gasteiger partial charge in [0, 0.05) is 32.2 Å². The minimum absolute atomic E-state index is 0.176. The second-order valence-electron chi connectivity index (χ2n) is 8.96. The number of sulfonamides is 1. The summed E-state index contributed by atoms with van der Waals surface area (Å²) in [7, 11) is -3.30. The van der Waals surface area contributed by atoms with E-state index in [1.165, 1.54) is 29.8 Å². The first kappa shape index (κ1) is 21.6. The van der Waals surface area contributed by atoms with Crippen LogP contribution in [0.5, 0.6) is 0 Å². The molecule has 2 heterocycles. The minimum Gasteiger partial charge on any atom is -0.387 e. The lowest BCUT2D eigenvalue weighted by Gasteiger charge is -2.41. The third-order valence-electron chi connectivity index (χ3n) is 6.75. The number of carbonyl (C=O) groups excluding carboxylic acids is 1. The molecular formula is C22H33N3O4S. The number of piperazine rings is 1. The highest BCUT2D eigenvalue weighted by atomic mass is 32.2. The smallest absolute Gasteiger partial charge is 0.237 e. The van der Waals surface area contributed by atoms with E-state index in [1.54, 1.807) is 6.07 Å². The Labute approximate surface area is 179 Å². The van der Waals surface area contributed by atoms with Crippen LogP contribution in [0.15, 0.2) is 18.2 Å². The number of aliphatic hydroxyl groups is 1. The van der Waals surface area contributed by atoms with Gasteiger partial charge in [-0.25, -0.2) is 8.42 Å². The number of carbonyl (C=O) groups is 1. The SMILES string of the molecule is CS(=O)(=O)N1CCCc2cc([C@@H](O)CN3CCN(C4CCCCC4)C(=O)C3)ccc21. The molecule has 8 heteroatoms. The summed E-state index contributed by atoms with van der Waals surface area (Å²) in [6.45, 7) is 2.80. The van der Waals surface area contributed by atoms with E-state index < -0.39 is 16.1 Å². The van der Waals surface area contributed by atoms with E-state index in [-0.39, 0.29) is 5.91 Å². The number of aliphatic hydroxyl groups excluding tert-OH is 1. The fourth-order valence-electron chi connectivity index (χ4n) is 5.15. The van der Waals surface area contributed by atoms with Crippen LogP contribution in [0.25, 0.3) is 0 Å². The average molecular weight is 436 g/mol. The summed E-state index contributed by atoms with van der Waals surface area (Å²) < 4.78 is 25.5. The van der Waals surface area contributed by atoms with Crippen LogP contribution < -0.4 is 4.31 Å². The van der Waals surface area contributed by atoms with Crippen molar-refractivity contribution in [2.45, 2.75) is 57.1 Å². The Kier molecular flexibility index (Phi) is 6.36. The number of β-amino-alcohol motifs (C(OH)–C–C–N with tert-alkyl or cyclic N) is 1. The molecule has 7 nitrogen and oxygen atoms in total. The van der Waals surface area contributed by atoms with Crippen molar-refractivity contribution in [1.29, 1.82) is 0 Å². The maximum absolute atomic E-state index is 12.7. The van der Waals surface area contributed by atoms with Gasteiger partial charge < -0.3 is 10.0 Å². The van der Waals surface area contributed by atoms with Crippen molar-refractivity contribution in [3.05, 3.63) is 29.3 Å². The van der Waals surface area contributed by atoms with Crippen LogP contribution in [0.1, 0.15) is 55.8 Å². The summed E-state index contributed by atoms with van der Waals surface area (Å²) in [4.78, 5) is 16.8. The fourth-order valence-corrected chi connectivity index (χ4v) is 6.15. The number of aryl methyl sites for hydroxylation is 1. The monoisotopic (exact) mass is 435 g/mol. The van der Waals surface area contributed by atoms with Crippen LogP contribution in [0.3, 0.4) is 0 Å². The Hall–Kier alpha value is -1.64. The van der Waals surface area contributed by atoms with Gasteiger partial charge in [-0.2, -0.15) is 0 Å². The number of benzene rings is 1. The third kappa shape index (κ3) is 4.65. The Morgan fingerprint density at radius 2 is 1.87 bits per heavy atom. The highest BCUT2D eigenvalue weighted by molar-refractivity contribution is 7.92. The highest BCUT2D eigenvalue weighted by Crippen LogP contribution is 2.32. The zero-order chi connectivity index (χ0) is 21.3. The molecule has 1 N–H and O–H groups in total. The molecule has 0 spiro atoms. The molecule has 1 aromatic carbocycles. The number of hydrogen-bond donors (Lipinski definition) is 1. The van der Waals surface area contributed by atoms with Crippen molar-refractivity contribution >= 4 is 21.6 Å². The number of fused-ring (bicyclic) bond motifs is 1. The highest BCUT2D eigenvalue weighted by Gasteiger charge is 2.31. The van der Waals surface area contributed by atoms with Crippen LogP contribution in [0.2, 0.25) is 0 Å². The van der Waals surface area contributed by atoms with Crippen molar-refractivity contribution in [2.24, 2.45) is 0 Å². The molecule has 2 fully saturated rings. The number of rotatable bonds is 5. The summed E-state index contributed by atoms with van der Waals surface area (Å²) in [5, 5.41) is 10.8. The van der Waals surface area contributed by atoms with E-state index in [9.17, 15) is 18.3 Å². The molecule has 1 saturated heterocycles. The van der Waals surface area contributed by atoms with E-state index in [4.69, 9.17) is 0 Å². The topological polar surface area (TPSA) is 81.2 Å². The standard InChI is InChI=1S/C22H33N3O4S/c1-30(28,29)25-11-5-6-17-14-18(9-10-20(17)25)21(26)15-23-12-13-24(22(27)16-23)19-7-3-2-4-8-19/h9-10,14,19,21,26H,2-8,11-13,15-16H2,1H3/t21-/m0/s1. The number of amides is 1. The van der Waals surface area contributed by atoms with Gasteiger partial charge in [0.1, 0.15) is 0 Å².